The zero-order valence-corrected chi connectivity index (χ0v) is 9.06. The van der Waals surface area contributed by atoms with E-state index in [0.717, 1.165) is 0 Å². The second kappa shape index (κ2) is 5.34. The van der Waals surface area contributed by atoms with Gasteiger partial charge in [0.05, 0.1) is 5.75 Å². The Kier molecular flexibility index (Phi) is 5.17. The average Bonchev–Trinajstić information content (AvgIpc) is 2.03. The molecule has 0 aromatic carbocycles. The van der Waals surface area contributed by atoms with Crippen LogP contribution >= 0.6 is 0 Å². The van der Waals surface area contributed by atoms with Crippen LogP contribution in [-0.4, -0.2) is 38.9 Å². The summed E-state index contributed by atoms with van der Waals surface area (Å²) < 4.78 is 27.5. The Bertz CT molecular complexity index is 255. The van der Waals surface area contributed by atoms with Crippen molar-refractivity contribution in [3.63, 3.8) is 0 Å². The maximum Gasteiger partial charge on any atom is 0.160 e. The number of ether oxygens (including phenoxy) is 1. The van der Waals surface area contributed by atoms with Gasteiger partial charge in [-0.2, -0.15) is 0 Å². The number of sulfone groups is 1. The van der Waals surface area contributed by atoms with Gasteiger partial charge in [-0.15, -0.1) is 0 Å². The summed E-state index contributed by atoms with van der Waals surface area (Å²) in [6.45, 7) is 3.12. The Labute approximate surface area is 79.2 Å². The highest BCUT2D eigenvalue weighted by Gasteiger charge is 2.23. The highest BCUT2D eigenvalue weighted by atomic mass is 32.2. The summed E-state index contributed by atoms with van der Waals surface area (Å²) in [4.78, 5) is 10.8. The molecule has 0 aromatic heterocycles. The Hall–Kier alpha value is -0.420. The molecule has 0 aliphatic rings. The fraction of sp³-hybridized carbons (Fsp3) is 0.875. The molecule has 0 aromatic rings. The first kappa shape index (κ1) is 12.6. The van der Waals surface area contributed by atoms with Crippen LogP contribution < -0.4 is 0 Å². The number of hydrogen-bond donors (Lipinski definition) is 0. The number of hydrogen-bond acceptors (Lipinski definition) is 4. The van der Waals surface area contributed by atoms with Crippen LogP contribution in [0.1, 0.15) is 20.3 Å². The molecule has 0 aliphatic heterocycles. The minimum absolute atomic E-state index is 0.0155. The third-order valence-electron chi connectivity index (χ3n) is 1.89. The van der Waals surface area contributed by atoms with E-state index in [2.05, 4.69) is 0 Å². The van der Waals surface area contributed by atoms with Gasteiger partial charge < -0.3 is 4.74 Å². The zero-order valence-electron chi connectivity index (χ0n) is 8.24. The molecule has 0 N–H and O–H groups in total. The lowest BCUT2D eigenvalue weighted by Gasteiger charge is -2.08. The van der Waals surface area contributed by atoms with Gasteiger partial charge in [-0.25, -0.2) is 8.42 Å². The predicted octanol–water partition coefficient (Wildman–Crippen LogP) is 0.415. The highest BCUT2D eigenvalue weighted by Crippen LogP contribution is 2.04. The van der Waals surface area contributed by atoms with Gasteiger partial charge in [-0.1, -0.05) is 0 Å². The van der Waals surface area contributed by atoms with Crippen LogP contribution in [0.15, 0.2) is 0 Å². The summed E-state index contributed by atoms with van der Waals surface area (Å²) in [6, 6.07) is 0. The predicted molar refractivity (Wildman–Crippen MR) is 50.4 cm³/mol. The molecule has 0 fully saturated rings. The van der Waals surface area contributed by atoms with Gasteiger partial charge >= 0.3 is 0 Å². The minimum Gasteiger partial charge on any atom is -0.385 e. The van der Waals surface area contributed by atoms with E-state index in [1.165, 1.54) is 21.0 Å². The molecule has 0 saturated heterocycles. The molecule has 0 rings (SSSR count). The smallest absolute Gasteiger partial charge is 0.160 e. The second-order valence-corrected chi connectivity index (χ2v) is 5.41. The fourth-order valence-corrected chi connectivity index (χ4v) is 2.21. The fourth-order valence-electron chi connectivity index (χ4n) is 0.834. The first-order valence-corrected chi connectivity index (χ1v) is 5.84. The van der Waals surface area contributed by atoms with Crippen LogP contribution in [0.2, 0.25) is 0 Å². The van der Waals surface area contributed by atoms with Gasteiger partial charge in [0.15, 0.2) is 9.84 Å². The summed E-state index contributed by atoms with van der Waals surface area (Å²) in [7, 11) is -1.75. The number of methoxy groups -OCH3 is 1. The number of rotatable bonds is 6. The Balaban J connectivity index is 4.16. The van der Waals surface area contributed by atoms with Crippen LogP contribution in [0.3, 0.4) is 0 Å². The maximum atomic E-state index is 11.4. The van der Waals surface area contributed by atoms with Crippen molar-refractivity contribution in [3.05, 3.63) is 0 Å². The molecule has 0 spiro atoms. The topological polar surface area (TPSA) is 60.4 Å². The van der Waals surface area contributed by atoms with Gasteiger partial charge in [-0.3, -0.25) is 4.79 Å². The molecule has 1 atom stereocenters. The monoisotopic (exact) mass is 208 g/mol. The third kappa shape index (κ3) is 4.38. The molecule has 1 unspecified atom stereocenters. The molecule has 0 aliphatic carbocycles. The van der Waals surface area contributed by atoms with Gasteiger partial charge in [0.2, 0.25) is 0 Å². The lowest BCUT2D eigenvalue weighted by atomic mass is 10.3. The first-order chi connectivity index (χ1) is 5.91. The third-order valence-corrected chi connectivity index (χ3v) is 4.16. The number of carbonyl (C=O) groups excluding carboxylic acids is 1. The van der Waals surface area contributed by atoms with E-state index < -0.39 is 15.1 Å². The minimum atomic E-state index is -3.26. The molecule has 13 heavy (non-hydrogen) atoms. The number of Topliss-reactive ketones (excluding diaryl/α,β-unsaturated/α-hetero) is 1. The standard InChI is InChI=1S/C8H16O4S/c1-7(9)8(2)13(10,11)6-4-5-12-3/h8H,4-6H2,1-3H3. The van der Waals surface area contributed by atoms with E-state index >= 15 is 0 Å². The average molecular weight is 208 g/mol. The lowest BCUT2D eigenvalue weighted by Crippen LogP contribution is -2.27. The van der Waals surface area contributed by atoms with E-state index in [-0.39, 0.29) is 11.5 Å². The zero-order chi connectivity index (χ0) is 10.5. The van der Waals surface area contributed by atoms with Crippen LogP contribution in [0.25, 0.3) is 0 Å². The second-order valence-electron chi connectivity index (χ2n) is 2.97. The Morgan fingerprint density at radius 1 is 1.46 bits per heavy atom. The van der Waals surface area contributed by atoms with E-state index in [1.54, 1.807) is 0 Å². The molecule has 5 heteroatoms. The van der Waals surface area contributed by atoms with Crippen LogP contribution in [0.5, 0.6) is 0 Å². The highest BCUT2D eigenvalue weighted by molar-refractivity contribution is 7.92. The number of ketones is 1. The summed E-state index contributed by atoms with van der Waals surface area (Å²) in [6.07, 6.45) is 0.441. The summed E-state index contributed by atoms with van der Waals surface area (Å²) in [5.74, 6) is -0.292. The Morgan fingerprint density at radius 3 is 2.38 bits per heavy atom. The summed E-state index contributed by atoms with van der Waals surface area (Å²) in [5, 5.41) is -0.885. The molecule has 0 radical (unpaired) electrons. The maximum absolute atomic E-state index is 11.4. The van der Waals surface area contributed by atoms with E-state index in [1.807, 2.05) is 0 Å². The molecule has 0 heterocycles. The van der Waals surface area contributed by atoms with Crippen molar-refractivity contribution in [2.24, 2.45) is 0 Å². The molecule has 4 nitrogen and oxygen atoms in total. The number of carbonyl (C=O) groups is 1. The largest absolute Gasteiger partial charge is 0.385 e. The first-order valence-electron chi connectivity index (χ1n) is 4.12. The van der Waals surface area contributed by atoms with E-state index in [9.17, 15) is 13.2 Å². The summed E-state index contributed by atoms with van der Waals surface area (Å²) in [5.41, 5.74) is 0. The normalized spacial score (nSPS) is 14.1. The van der Waals surface area contributed by atoms with Gasteiger partial charge in [0.25, 0.3) is 0 Å². The van der Waals surface area contributed by atoms with Crippen LogP contribution in [-0.2, 0) is 19.4 Å². The van der Waals surface area contributed by atoms with Crippen molar-refractivity contribution in [1.29, 1.82) is 0 Å². The van der Waals surface area contributed by atoms with Gasteiger partial charge in [-0.05, 0) is 20.3 Å². The molecule has 0 bridgehead atoms. The Morgan fingerprint density at radius 2 is 2.00 bits per heavy atom. The van der Waals surface area contributed by atoms with Crippen molar-refractivity contribution >= 4 is 15.6 Å². The molecule has 0 saturated carbocycles. The molecular weight excluding hydrogens is 192 g/mol. The SMILES string of the molecule is COCCCS(=O)(=O)C(C)C(C)=O. The lowest BCUT2D eigenvalue weighted by molar-refractivity contribution is -0.116. The van der Waals surface area contributed by atoms with Crippen LogP contribution in [0, 0.1) is 0 Å². The summed E-state index contributed by atoms with van der Waals surface area (Å²) >= 11 is 0. The van der Waals surface area contributed by atoms with Crippen molar-refractivity contribution in [2.75, 3.05) is 19.5 Å². The van der Waals surface area contributed by atoms with Crippen molar-refractivity contribution in [3.8, 4) is 0 Å². The molecule has 78 valence electrons. The van der Waals surface area contributed by atoms with Crippen molar-refractivity contribution in [2.45, 2.75) is 25.5 Å². The quantitative estimate of drug-likeness (QED) is 0.593. The van der Waals surface area contributed by atoms with Crippen molar-refractivity contribution < 1.29 is 17.9 Å². The molecule has 0 amide bonds. The molecular formula is C8H16O4S. The van der Waals surface area contributed by atoms with Crippen LogP contribution in [0.4, 0.5) is 0 Å². The van der Waals surface area contributed by atoms with Gasteiger partial charge in [0, 0.05) is 13.7 Å². The van der Waals surface area contributed by atoms with E-state index in [0.29, 0.717) is 13.0 Å². The van der Waals surface area contributed by atoms with E-state index in [4.69, 9.17) is 4.74 Å². The van der Waals surface area contributed by atoms with Crippen molar-refractivity contribution in [1.82, 2.24) is 0 Å². The van der Waals surface area contributed by atoms with Gasteiger partial charge in [0.1, 0.15) is 11.0 Å².